The number of aromatic amines is 1. The summed E-state index contributed by atoms with van der Waals surface area (Å²) < 4.78 is 0. The molecule has 1 aromatic carbocycles. The first kappa shape index (κ1) is 21.7. The standard InChI is InChI=1S/C23H29ClN4O3/c1-14-4-2-3-5-18(14)26-21(29)9-8-20-22(30)28(23(31)27-20)11-10-15-13-25-19-7-6-16(24)12-17(15)19/h6-7,12-14,18,20,25H,2-5,8-11H2,1H3,(H,26,29)(H,27,31)/t14-,18+,20+/m1/s1. The molecular formula is C23H29ClN4O3. The maximum Gasteiger partial charge on any atom is 0.324 e. The molecule has 0 spiro atoms. The van der Waals surface area contributed by atoms with Gasteiger partial charge in [-0.3, -0.25) is 14.5 Å². The second-order valence-electron chi connectivity index (χ2n) is 8.72. The van der Waals surface area contributed by atoms with E-state index in [-0.39, 0.29) is 30.8 Å². The van der Waals surface area contributed by atoms with Gasteiger partial charge in [0.1, 0.15) is 6.04 Å². The van der Waals surface area contributed by atoms with Crippen LogP contribution in [0.4, 0.5) is 4.79 Å². The summed E-state index contributed by atoms with van der Waals surface area (Å²) >= 11 is 6.09. The number of imide groups is 1. The fraction of sp³-hybridized carbons (Fsp3) is 0.522. The average molecular weight is 445 g/mol. The van der Waals surface area contributed by atoms with Crippen LogP contribution in [0.2, 0.25) is 5.02 Å². The minimum Gasteiger partial charge on any atom is -0.361 e. The number of hydrogen-bond donors (Lipinski definition) is 3. The van der Waals surface area contributed by atoms with Crippen LogP contribution in [0, 0.1) is 5.92 Å². The van der Waals surface area contributed by atoms with E-state index < -0.39 is 12.1 Å². The first-order chi connectivity index (χ1) is 14.9. The Balaban J connectivity index is 1.29. The Kier molecular flexibility index (Phi) is 6.51. The van der Waals surface area contributed by atoms with Gasteiger partial charge in [0.2, 0.25) is 5.91 Å². The lowest BCUT2D eigenvalue weighted by molar-refractivity contribution is -0.127. The maximum absolute atomic E-state index is 12.7. The van der Waals surface area contributed by atoms with Crippen molar-refractivity contribution in [2.75, 3.05) is 6.54 Å². The quantitative estimate of drug-likeness (QED) is 0.567. The summed E-state index contributed by atoms with van der Waals surface area (Å²) in [6, 6.07) is 4.79. The molecule has 1 aromatic heterocycles. The van der Waals surface area contributed by atoms with Crippen LogP contribution in [0.1, 0.15) is 51.0 Å². The predicted molar refractivity (Wildman–Crippen MR) is 120 cm³/mol. The predicted octanol–water partition coefficient (Wildman–Crippen LogP) is 3.76. The van der Waals surface area contributed by atoms with Gasteiger partial charge in [0.15, 0.2) is 0 Å². The molecule has 166 valence electrons. The highest BCUT2D eigenvalue weighted by molar-refractivity contribution is 6.31. The summed E-state index contributed by atoms with van der Waals surface area (Å²) in [5.41, 5.74) is 1.97. The van der Waals surface area contributed by atoms with E-state index in [1.54, 1.807) is 0 Å². The van der Waals surface area contributed by atoms with Crippen LogP contribution in [-0.2, 0) is 16.0 Å². The summed E-state index contributed by atoms with van der Waals surface area (Å²) in [6.45, 7) is 2.46. The van der Waals surface area contributed by atoms with Gasteiger partial charge < -0.3 is 15.6 Å². The van der Waals surface area contributed by atoms with Gasteiger partial charge in [0.25, 0.3) is 5.91 Å². The van der Waals surface area contributed by atoms with Gasteiger partial charge >= 0.3 is 6.03 Å². The number of H-pyrrole nitrogens is 1. The number of halogens is 1. The Morgan fingerprint density at radius 3 is 2.87 bits per heavy atom. The lowest BCUT2D eigenvalue weighted by atomic mass is 9.86. The molecule has 2 aromatic rings. The molecule has 0 unspecified atom stereocenters. The van der Waals surface area contributed by atoms with E-state index in [4.69, 9.17) is 11.6 Å². The van der Waals surface area contributed by atoms with Crippen molar-refractivity contribution in [3.05, 3.63) is 35.0 Å². The zero-order valence-electron chi connectivity index (χ0n) is 17.7. The number of nitrogens with one attached hydrogen (secondary N) is 3. The Morgan fingerprint density at radius 1 is 1.26 bits per heavy atom. The molecule has 2 aliphatic rings. The highest BCUT2D eigenvalue weighted by Crippen LogP contribution is 2.25. The molecule has 1 aliphatic heterocycles. The summed E-state index contributed by atoms with van der Waals surface area (Å²) in [6.07, 6.45) is 7.48. The van der Waals surface area contributed by atoms with Crippen LogP contribution in [0.3, 0.4) is 0 Å². The van der Waals surface area contributed by atoms with Crippen molar-refractivity contribution < 1.29 is 14.4 Å². The van der Waals surface area contributed by atoms with Crippen molar-refractivity contribution >= 4 is 40.3 Å². The number of carbonyl (C=O) groups excluding carboxylic acids is 3. The zero-order valence-corrected chi connectivity index (χ0v) is 18.5. The highest BCUT2D eigenvalue weighted by Gasteiger charge is 2.37. The van der Waals surface area contributed by atoms with E-state index in [2.05, 4.69) is 22.5 Å². The van der Waals surface area contributed by atoms with Crippen molar-refractivity contribution in [1.29, 1.82) is 0 Å². The fourth-order valence-corrected chi connectivity index (χ4v) is 4.83. The van der Waals surface area contributed by atoms with E-state index in [9.17, 15) is 14.4 Å². The van der Waals surface area contributed by atoms with E-state index in [0.717, 1.165) is 35.7 Å². The van der Waals surface area contributed by atoms with Gasteiger partial charge in [-0.2, -0.15) is 0 Å². The molecular weight excluding hydrogens is 416 g/mol. The molecule has 0 bridgehead atoms. The van der Waals surface area contributed by atoms with Crippen molar-refractivity contribution in [3.63, 3.8) is 0 Å². The van der Waals surface area contributed by atoms with Crippen molar-refractivity contribution in [2.24, 2.45) is 5.92 Å². The fourth-order valence-electron chi connectivity index (χ4n) is 4.66. The minimum atomic E-state index is -0.639. The molecule has 1 saturated heterocycles. The lowest BCUT2D eigenvalue weighted by Gasteiger charge is -2.29. The number of urea groups is 1. The molecule has 31 heavy (non-hydrogen) atoms. The highest BCUT2D eigenvalue weighted by atomic mass is 35.5. The summed E-state index contributed by atoms with van der Waals surface area (Å²) in [5.74, 6) is 0.178. The van der Waals surface area contributed by atoms with Gasteiger partial charge in [0, 0.05) is 41.1 Å². The smallest absolute Gasteiger partial charge is 0.324 e. The van der Waals surface area contributed by atoms with Gasteiger partial charge in [0.05, 0.1) is 0 Å². The van der Waals surface area contributed by atoms with Crippen LogP contribution in [0.5, 0.6) is 0 Å². The normalized spacial score (nSPS) is 23.9. The van der Waals surface area contributed by atoms with Crippen molar-refractivity contribution in [3.8, 4) is 0 Å². The summed E-state index contributed by atoms with van der Waals surface area (Å²) in [7, 11) is 0. The van der Waals surface area contributed by atoms with Crippen LogP contribution >= 0.6 is 11.6 Å². The molecule has 4 amide bonds. The molecule has 4 rings (SSSR count). The number of nitrogens with zero attached hydrogens (tertiary/aromatic N) is 1. The number of amides is 4. The molecule has 2 fully saturated rings. The Morgan fingerprint density at radius 2 is 2.06 bits per heavy atom. The SMILES string of the molecule is C[C@@H]1CCCC[C@@H]1NC(=O)CC[C@@H]1NC(=O)N(CCc2c[nH]c3ccc(Cl)cc23)C1=O. The molecule has 0 radical (unpaired) electrons. The van der Waals surface area contributed by atoms with E-state index in [1.165, 1.54) is 11.3 Å². The molecule has 7 nitrogen and oxygen atoms in total. The topological polar surface area (TPSA) is 94.3 Å². The second-order valence-corrected chi connectivity index (χ2v) is 9.16. The largest absolute Gasteiger partial charge is 0.361 e. The van der Waals surface area contributed by atoms with Crippen LogP contribution in [0.15, 0.2) is 24.4 Å². The number of rotatable bonds is 7. The third kappa shape index (κ3) is 4.87. The van der Waals surface area contributed by atoms with Gasteiger partial charge in [-0.1, -0.05) is 31.4 Å². The Hall–Kier alpha value is -2.54. The van der Waals surface area contributed by atoms with Crippen molar-refractivity contribution in [2.45, 2.75) is 64.0 Å². The van der Waals surface area contributed by atoms with E-state index in [1.807, 2.05) is 24.4 Å². The van der Waals surface area contributed by atoms with Crippen LogP contribution in [0.25, 0.3) is 10.9 Å². The van der Waals surface area contributed by atoms with Crippen LogP contribution in [-0.4, -0.2) is 46.4 Å². The number of aromatic nitrogens is 1. The molecule has 8 heteroatoms. The van der Waals surface area contributed by atoms with Gasteiger partial charge in [-0.25, -0.2) is 4.79 Å². The Bertz CT molecular complexity index is 988. The molecule has 1 aliphatic carbocycles. The lowest BCUT2D eigenvalue weighted by Crippen LogP contribution is -2.41. The third-order valence-electron chi connectivity index (χ3n) is 6.56. The van der Waals surface area contributed by atoms with Gasteiger partial charge in [-0.05, 0) is 55.4 Å². The first-order valence-corrected chi connectivity index (χ1v) is 11.5. The third-order valence-corrected chi connectivity index (χ3v) is 6.79. The van der Waals surface area contributed by atoms with Crippen molar-refractivity contribution in [1.82, 2.24) is 20.5 Å². The number of carbonyl (C=O) groups is 3. The van der Waals surface area contributed by atoms with E-state index >= 15 is 0 Å². The van der Waals surface area contributed by atoms with Crippen LogP contribution < -0.4 is 10.6 Å². The number of benzene rings is 1. The number of hydrogen-bond acceptors (Lipinski definition) is 3. The molecule has 1 saturated carbocycles. The van der Waals surface area contributed by atoms with Gasteiger partial charge in [-0.15, -0.1) is 0 Å². The summed E-state index contributed by atoms with van der Waals surface area (Å²) in [4.78, 5) is 41.9. The average Bonchev–Trinajstić information content (AvgIpc) is 3.26. The second kappa shape index (κ2) is 9.30. The van der Waals surface area contributed by atoms with E-state index in [0.29, 0.717) is 23.8 Å². The zero-order chi connectivity index (χ0) is 22.0. The molecule has 2 heterocycles. The Labute approximate surface area is 186 Å². The number of fused-ring (bicyclic) bond motifs is 1. The monoisotopic (exact) mass is 444 g/mol. The first-order valence-electron chi connectivity index (χ1n) is 11.1. The maximum atomic E-state index is 12.7. The summed E-state index contributed by atoms with van der Waals surface area (Å²) in [5, 5.41) is 7.46. The minimum absolute atomic E-state index is 0.0464. The molecule has 3 N–H and O–H groups in total. The molecule has 3 atom stereocenters.